The quantitative estimate of drug-likeness (QED) is 0.617. The Labute approximate surface area is 195 Å². The van der Waals surface area contributed by atoms with Crippen LogP contribution in [0.1, 0.15) is 37.7 Å². The second-order valence-corrected chi connectivity index (χ2v) is 8.98. The zero-order chi connectivity index (χ0) is 22.6. The first-order valence-corrected chi connectivity index (χ1v) is 11.8. The van der Waals surface area contributed by atoms with E-state index < -0.39 is 0 Å². The van der Waals surface area contributed by atoms with E-state index in [2.05, 4.69) is 40.3 Å². The van der Waals surface area contributed by atoms with Gasteiger partial charge >= 0.3 is 12.0 Å². The van der Waals surface area contributed by atoms with Crippen LogP contribution in [0.5, 0.6) is 11.8 Å². The molecule has 1 saturated heterocycles. The average Bonchev–Trinajstić information content (AvgIpc) is 3.66. The van der Waals surface area contributed by atoms with Gasteiger partial charge in [0.05, 0.1) is 0 Å². The number of nitrogens with zero attached hydrogens (tertiary/aromatic N) is 4. The second-order valence-electron chi connectivity index (χ2n) is 8.98. The number of hydrogen-bond acceptors (Lipinski definition) is 4. The van der Waals surface area contributed by atoms with E-state index in [4.69, 9.17) is 4.74 Å². The predicted molar refractivity (Wildman–Crippen MR) is 129 cm³/mol. The summed E-state index contributed by atoms with van der Waals surface area (Å²) in [5, 5.41) is 0. The number of piperidine rings is 1. The van der Waals surface area contributed by atoms with Crippen molar-refractivity contribution < 1.29 is 9.53 Å². The Morgan fingerprint density at radius 2 is 1.97 bits per heavy atom. The van der Waals surface area contributed by atoms with Crippen LogP contribution in [0.15, 0.2) is 72.1 Å². The molecule has 2 amide bonds. The van der Waals surface area contributed by atoms with Gasteiger partial charge in [-0.15, -0.1) is 0 Å². The van der Waals surface area contributed by atoms with E-state index in [9.17, 15) is 4.79 Å². The summed E-state index contributed by atoms with van der Waals surface area (Å²) in [6, 6.07) is 10.6. The summed E-state index contributed by atoms with van der Waals surface area (Å²) in [5.74, 6) is 1.23. The van der Waals surface area contributed by atoms with Crippen molar-refractivity contribution in [2.75, 3.05) is 20.1 Å². The number of aromatic nitrogens is 2. The van der Waals surface area contributed by atoms with Gasteiger partial charge in [-0.1, -0.05) is 42.0 Å². The molecule has 1 saturated carbocycles. The van der Waals surface area contributed by atoms with Crippen LogP contribution in [0.25, 0.3) is 6.08 Å². The van der Waals surface area contributed by atoms with Crippen LogP contribution >= 0.6 is 0 Å². The van der Waals surface area contributed by atoms with Gasteiger partial charge in [0, 0.05) is 44.5 Å². The highest BCUT2D eigenvalue weighted by Crippen LogP contribution is 2.43. The molecule has 1 aromatic carbocycles. The fraction of sp³-hybridized carbons (Fsp3) is 0.370. The summed E-state index contributed by atoms with van der Waals surface area (Å²) in [6.45, 7) is 1.53. The van der Waals surface area contributed by atoms with E-state index in [-0.39, 0.29) is 6.03 Å². The molecule has 5 rings (SSSR count). The van der Waals surface area contributed by atoms with Crippen LogP contribution < -0.4 is 4.74 Å². The fourth-order valence-corrected chi connectivity index (χ4v) is 4.72. The second kappa shape index (κ2) is 9.61. The first kappa shape index (κ1) is 21.4. The molecule has 1 aliphatic heterocycles. The van der Waals surface area contributed by atoms with Crippen LogP contribution in [-0.2, 0) is 0 Å². The molecule has 2 atom stereocenters. The van der Waals surface area contributed by atoms with E-state index in [1.807, 2.05) is 35.0 Å². The van der Waals surface area contributed by atoms with Crippen molar-refractivity contribution in [3.63, 3.8) is 0 Å². The van der Waals surface area contributed by atoms with E-state index >= 15 is 0 Å². The lowest BCUT2D eigenvalue weighted by atomic mass is 10.0. The largest absolute Gasteiger partial charge is 0.424 e. The Kier molecular flexibility index (Phi) is 6.24. The van der Waals surface area contributed by atoms with Gasteiger partial charge in [0.25, 0.3) is 0 Å². The van der Waals surface area contributed by atoms with Crippen molar-refractivity contribution in [2.24, 2.45) is 5.92 Å². The number of hydrogen-bond donors (Lipinski definition) is 0. The molecule has 2 fully saturated rings. The lowest BCUT2D eigenvalue weighted by Gasteiger charge is -2.32. The van der Waals surface area contributed by atoms with Crippen molar-refractivity contribution >= 4 is 12.1 Å². The van der Waals surface area contributed by atoms with Crippen molar-refractivity contribution in [1.82, 2.24) is 19.8 Å². The number of rotatable bonds is 5. The summed E-state index contributed by atoms with van der Waals surface area (Å²) in [5.41, 5.74) is 3.86. The zero-order valence-electron chi connectivity index (χ0n) is 19.1. The first-order valence-electron chi connectivity index (χ1n) is 11.8. The van der Waals surface area contributed by atoms with Gasteiger partial charge in [0.1, 0.15) is 5.75 Å². The standard InChI is InChI=1S/C27H30N4O2/c1-30(25-19-24(25)22-8-3-2-4-9-22)27(32)31-15-11-20(12-16-31)17-21-7-5-10-23(18-21)33-26-28-13-6-14-29-26/h3,5-10,13-14,17-18,24-25H,2,4,11-12,15-16,19H2,1H3. The molecule has 2 heterocycles. The molecule has 0 spiro atoms. The maximum Gasteiger partial charge on any atom is 0.321 e. The van der Waals surface area contributed by atoms with Gasteiger partial charge in [-0.05, 0) is 61.4 Å². The topological polar surface area (TPSA) is 58.6 Å². The van der Waals surface area contributed by atoms with Crippen molar-refractivity contribution in [2.45, 2.75) is 38.1 Å². The Morgan fingerprint density at radius 1 is 1.15 bits per heavy atom. The van der Waals surface area contributed by atoms with Crippen LogP contribution in [0.4, 0.5) is 4.79 Å². The third-order valence-corrected chi connectivity index (χ3v) is 6.66. The molecule has 6 heteroatoms. The normalized spacial score (nSPS) is 21.9. The SMILES string of the molecule is CN(C(=O)N1CCC(=Cc2cccc(Oc3ncccn3)c2)CC1)C1CC1C1=CCCC=C1. The molecule has 6 nitrogen and oxygen atoms in total. The Bertz CT molecular complexity index is 1080. The van der Waals surface area contributed by atoms with Crippen molar-refractivity contribution in [3.8, 4) is 11.8 Å². The molecule has 2 unspecified atom stereocenters. The van der Waals surface area contributed by atoms with Gasteiger partial charge in [-0.3, -0.25) is 0 Å². The Hall–Kier alpha value is -3.41. The average molecular weight is 443 g/mol. The molecule has 0 N–H and O–H groups in total. The van der Waals surface area contributed by atoms with E-state index in [1.165, 1.54) is 11.1 Å². The molecular weight excluding hydrogens is 412 g/mol. The van der Waals surface area contributed by atoms with Gasteiger partial charge in [-0.25, -0.2) is 14.8 Å². The zero-order valence-corrected chi connectivity index (χ0v) is 19.1. The maximum absolute atomic E-state index is 13.1. The molecule has 2 aliphatic carbocycles. The molecule has 0 radical (unpaired) electrons. The minimum absolute atomic E-state index is 0.167. The van der Waals surface area contributed by atoms with E-state index in [0.29, 0.717) is 23.7 Å². The lowest BCUT2D eigenvalue weighted by molar-refractivity contribution is 0.155. The number of allylic oxidation sites excluding steroid dienone is 3. The molecule has 170 valence electrons. The summed E-state index contributed by atoms with van der Waals surface area (Å²) in [6.07, 6.45) is 17.5. The highest BCUT2D eigenvalue weighted by Gasteiger charge is 2.44. The highest BCUT2D eigenvalue weighted by atomic mass is 16.5. The third kappa shape index (κ3) is 5.16. The van der Waals surface area contributed by atoms with Crippen LogP contribution in [0.2, 0.25) is 0 Å². The molecule has 3 aliphatic rings. The molecule has 33 heavy (non-hydrogen) atoms. The van der Waals surface area contributed by atoms with Crippen molar-refractivity contribution in [1.29, 1.82) is 0 Å². The summed E-state index contributed by atoms with van der Waals surface area (Å²) >= 11 is 0. The van der Waals surface area contributed by atoms with E-state index in [1.54, 1.807) is 18.5 Å². The van der Waals surface area contributed by atoms with Gasteiger partial charge in [0.2, 0.25) is 0 Å². The summed E-state index contributed by atoms with van der Waals surface area (Å²) < 4.78 is 5.75. The monoisotopic (exact) mass is 442 g/mol. The number of carbonyl (C=O) groups is 1. The molecule has 2 aromatic rings. The van der Waals surface area contributed by atoms with Gasteiger partial charge in [0.15, 0.2) is 0 Å². The van der Waals surface area contributed by atoms with E-state index in [0.717, 1.165) is 50.8 Å². The predicted octanol–water partition coefficient (Wildman–Crippen LogP) is 5.46. The van der Waals surface area contributed by atoms with Crippen molar-refractivity contribution in [3.05, 3.63) is 77.7 Å². The highest BCUT2D eigenvalue weighted by molar-refractivity contribution is 5.75. The van der Waals surface area contributed by atoms with Gasteiger partial charge < -0.3 is 14.5 Å². The van der Waals surface area contributed by atoms with Gasteiger partial charge in [-0.2, -0.15) is 0 Å². The Balaban J connectivity index is 1.15. The van der Waals surface area contributed by atoms with Crippen LogP contribution in [-0.4, -0.2) is 52.0 Å². The maximum atomic E-state index is 13.1. The number of amides is 2. The minimum Gasteiger partial charge on any atom is -0.424 e. The number of carbonyl (C=O) groups excluding carboxylic acids is 1. The van der Waals surface area contributed by atoms with Crippen LogP contribution in [0, 0.1) is 5.92 Å². The third-order valence-electron chi connectivity index (χ3n) is 6.66. The molecule has 0 bridgehead atoms. The molecular formula is C27H30N4O2. The number of ether oxygens (including phenoxy) is 1. The lowest BCUT2D eigenvalue weighted by Crippen LogP contribution is -2.45. The number of urea groups is 1. The summed E-state index contributed by atoms with van der Waals surface area (Å²) in [4.78, 5) is 25.2. The Morgan fingerprint density at radius 3 is 2.73 bits per heavy atom. The number of benzene rings is 1. The smallest absolute Gasteiger partial charge is 0.321 e. The molecule has 1 aromatic heterocycles. The van der Waals surface area contributed by atoms with Crippen LogP contribution in [0.3, 0.4) is 0 Å². The summed E-state index contributed by atoms with van der Waals surface area (Å²) in [7, 11) is 1.97. The number of likely N-dealkylation sites (tertiary alicyclic amines) is 1. The first-order chi connectivity index (χ1) is 16.2. The fourth-order valence-electron chi connectivity index (χ4n) is 4.72. The minimum atomic E-state index is 0.167.